The highest BCUT2D eigenvalue weighted by atomic mass is 35.5. The van der Waals surface area contributed by atoms with E-state index < -0.39 is 35.3 Å². The van der Waals surface area contributed by atoms with E-state index >= 15 is 0 Å². The minimum Gasteiger partial charge on any atom is -0.352 e. The zero-order valence-electron chi connectivity index (χ0n) is 28.5. The summed E-state index contributed by atoms with van der Waals surface area (Å²) in [5.41, 5.74) is 3.57. The SMILES string of the molecule is Cc1cc(C(F)(F)F)ccc1-c1ccc(C(Cc2ccc(C(=O)NCCC=O)cc2)C(=O)Nc2ccc(-c3ccc(C(F)(F)F)cc3C)c(Cl)c2)cc1. The van der Waals surface area contributed by atoms with Crippen molar-refractivity contribution in [2.75, 3.05) is 11.9 Å². The third-order valence-corrected chi connectivity index (χ3v) is 9.09. The maximum Gasteiger partial charge on any atom is 0.416 e. The van der Waals surface area contributed by atoms with Crippen molar-refractivity contribution in [3.63, 3.8) is 0 Å². The number of nitrogens with one attached hydrogen (secondary N) is 2. The molecule has 5 nitrogen and oxygen atoms in total. The highest BCUT2D eigenvalue weighted by molar-refractivity contribution is 6.33. The molecule has 1 unspecified atom stereocenters. The number of rotatable bonds is 11. The van der Waals surface area contributed by atoms with Gasteiger partial charge in [-0.25, -0.2) is 0 Å². The summed E-state index contributed by atoms with van der Waals surface area (Å²) < 4.78 is 79.4. The lowest BCUT2D eigenvalue weighted by Crippen LogP contribution is -2.25. The molecule has 0 saturated carbocycles. The summed E-state index contributed by atoms with van der Waals surface area (Å²) in [6.45, 7) is 3.34. The van der Waals surface area contributed by atoms with Crippen LogP contribution in [0.2, 0.25) is 5.02 Å². The lowest BCUT2D eigenvalue weighted by molar-refractivity contribution is -0.138. The first-order valence-electron chi connectivity index (χ1n) is 16.4. The van der Waals surface area contributed by atoms with Crippen LogP contribution in [0, 0.1) is 13.8 Å². The molecule has 5 rings (SSSR count). The van der Waals surface area contributed by atoms with Crippen molar-refractivity contribution in [1.29, 1.82) is 0 Å². The second-order valence-corrected chi connectivity index (χ2v) is 12.9. The number of aryl methyl sites for hydroxylation is 2. The Hall–Kier alpha value is -5.42. The Morgan fingerprint density at radius 1 is 0.717 bits per heavy atom. The molecule has 2 amide bonds. The Morgan fingerprint density at radius 2 is 1.28 bits per heavy atom. The van der Waals surface area contributed by atoms with Gasteiger partial charge in [-0.15, -0.1) is 0 Å². The fourth-order valence-corrected chi connectivity index (χ4v) is 6.26. The van der Waals surface area contributed by atoms with Gasteiger partial charge in [-0.1, -0.05) is 66.2 Å². The topological polar surface area (TPSA) is 75.3 Å². The summed E-state index contributed by atoms with van der Waals surface area (Å²) >= 11 is 6.59. The summed E-state index contributed by atoms with van der Waals surface area (Å²) in [6, 6.07) is 25.2. The number of halogens is 7. The molecule has 1 atom stereocenters. The standard InChI is InChI=1S/C41H33ClF6N2O3/c1-24-20-30(40(43,44)45)12-15-33(24)27-8-10-28(11-9-27)36(22-26-4-6-29(7-5-26)38(52)49-18-3-19-51)39(53)50-32-14-17-35(37(42)23-32)34-16-13-31(21-25(34)2)41(46,47)48/h4-17,19-21,23,36H,3,18,22H2,1-2H3,(H,49,52)(H,50,53). The molecule has 0 radical (unpaired) electrons. The third kappa shape index (κ3) is 9.53. The Kier molecular flexibility index (Phi) is 11.8. The van der Waals surface area contributed by atoms with Gasteiger partial charge in [0.15, 0.2) is 0 Å². The summed E-state index contributed by atoms with van der Waals surface area (Å²) in [4.78, 5) is 37.0. The Morgan fingerprint density at radius 3 is 1.81 bits per heavy atom. The second kappa shape index (κ2) is 16.1. The summed E-state index contributed by atoms with van der Waals surface area (Å²) in [5, 5.41) is 5.74. The van der Waals surface area contributed by atoms with Crippen LogP contribution in [0.3, 0.4) is 0 Å². The first-order valence-corrected chi connectivity index (χ1v) is 16.8. The van der Waals surface area contributed by atoms with Gasteiger partial charge in [-0.3, -0.25) is 9.59 Å². The van der Waals surface area contributed by atoms with E-state index in [9.17, 15) is 40.7 Å². The molecule has 0 aromatic heterocycles. The van der Waals surface area contributed by atoms with Gasteiger partial charge in [0, 0.05) is 29.8 Å². The summed E-state index contributed by atoms with van der Waals surface area (Å²) in [5.74, 6) is -1.54. The van der Waals surface area contributed by atoms with E-state index in [0.29, 0.717) is 56.5 Å². The minimum atomic E-state index is -4.49. The van der Waals surface area contributed by atoms with E-state index in [1.54, 1.807) is 74.5 Å². The van der Waals surface area contributed by atoms with Crippen LogP contribution in [0.4, 0.5) is 32.0 Å². The molecule has 5 aromatic rings. The van der Waals surface area contributed by atoms with Crippen molar-refractivity contribution in [2.24, 2.45) is 0 Å². The monoisotopic (exact) mass is 750 g/mol. The minimum absolute atomic E-state index is 0.181. The second-order valence-electron chi connectivity index (χ2n) is 12.5. The van der Waals surface area contributed by atoms with Crippen LogP contribution in [0.25, 0.3) is 22.3 Å². The summed E-state index contributed by atoms with van der Waals surface area (Å²) in [6.07, 6.45) is -7.88. The van der Waals surface area contributed by atoms with E-state index in [4.69, 9.17) is 11.6 Å². The van der Waals surface area contributed by atoms with Gasteiger partial charge < -0.3 is 15.4 Å². The quantitative estimate of drug-likeness (QED) is 0.0802. The zero-order valence-corrected chi connectivity index (χ0v) is 29.2. The highest BCUT2D eigenvalue weighted by Crippen LogP contribution is 2.37. The van der Waals surface area contributed by atoms with Crippen molar-refractivity contribution >= 4 is 35.4 Å². The molecule has 0 bridgehead atoms. The molecule has 0 aliphatic heterocycles. The maximum absolute atomic E-state index is 14.0. The van der Waals surface area contributed by atoms with Gasteiger partial charge in [-0.05, 0) is 108 Å². The molecule has 0 fully saturated rings. The molecule has 0 spiro atoms. The van der Waals surface area contributed by atoms with Crippen LogP contribution in [0.5, 0.6) is 0 Å². The Labute approximate surface area is 307 Å². The fourth-order valence-electron chi connectivity index (χ4n) is 5.98. The number of hydrogen-bond donors (Lipinski definition) is 2. The predicted octanol–water partition coefficient (Wildman–Crippen LogP) is 10.6. The highest BCUT2D eigenvalue weighted by Gasteiger charge is 2.32. The molecule has 0 heterocycles. The molecular weight excluding hydrogens is 718 g/mol. The molecule has 2 N–H and O–H groups in total. The number of anilines is 1. The number of hydrogen-bond acceptors (Lipinski definition) is 3. The summed E-state index contributed by atoms with van der Waals surface area (Å²) in [7, 11) is 0. The molecular formula is C41H33ClF6N2O3. The average molecular weight is 751 g/mol. The van der Waals surface area contributed by atoms with Crippen LogP contribution in [-0.4, -0.2) is 24.6 Å². The van der Waals surface area contributed by atoms with E-state index in [2.05, 4.69) is 10.6 Å². The smallest absolute Gasteiger partial charge is 0.352 e. The predicted molar refractivity (Wildman–Crippen MR) is 193 cm³/mol. The van der Waals surface area contributed by atoms with Crippen LogP contribution in [0.15, 0.2) is 103 Å². The van der Waals surface area contributed by atoms with Crippen molar-refractivity contribution < 1.29 is 40.7 Å². The van der Waals surface area contributed by atoms with Crippen molar-refractivity contribution in [3.05, 3.63) is 147 Å². The normalized spacial score (nSPS) is 12.2. The van der Waals surface area contributed by atoms with Crippen LogP contribution in [0.1, 0.15) is 56.1 Å². The molecule has 0 aliphatic rings. The van der Waals surface area contributed by atoms with Crippen molar-refractivity contribution in [1.82, 2.24) is 5.32 Å². The molecule has 53 heavy (non-hydrogen) atoms. The van der Waals surface area contributed by atoms with E-state index in [1.165, 1.54) is 18.2 Å². The number of carbonyl (C=O) groups excluding carboxylic acids is 3. The van der Waals surface area contributed by atoms with Gasteiger partial charge in [0.05, 0.1) is 22.1 Å². The van der Waals surface area contributed by atoms with E-state index in [1.807, 2.05) is 0 Å². The lowest BCUT2D eigenvalue weighted by Gasteiger charge is -2.19. The lowest BCUT2D eigenvalue weighted by atomic mass is 9.89. The fraction of sp³-hybridized carbons (Fsp3) is 0.195. The Balaban J connectivity index is 1.42. The van der Waals surface area contributed by atoms with Crippen molar-refractivity contribution in [3.8, 4) is 22.3 Å². The van der Waals surface area contributed by atoms with Gasteiger partial charge in [0.25, 0.3) is 5.91 Å². The number of alkyl halides is 6. The largest absolute Gasteiger partial charge is 0.416 e. The first-order chi connectivity index (χ1) is 25.0. The third-order valence-electron chi connectivity index (χ3n) is 8.78. The zero-order chi connectivity index (χ0) is 38.5. The average Bonchev–Trinajstić information content (AvgIpc) is 3.10. The maximum atomic E-state index is 14.0. The molecule has 0 saturated heterocycles. The van der Waals surface area contributed by atoms with Crippen LogP contribution >= 0.6 is 11.6 Å². The molecule has 12 heteroatoms. The van der Waals surface area contributed by atoms with E-state index in [-0.39, 0.29) is 30.3 Å². The molecule has 0 aliphatic carbocycles. The van der Waals surface area contributed by atoms with Gasteiger partial charge >= 0.3 is 12.4 Å². The van der Waals surface area contributed by atoms with Gasteiger partial charge in [-0.2, -0.15) is 26.3 Å². The van der Waals surface area contributed by atoms with Gasteiger partial charge in [0.2, 0.25) is 5.91 Å². The van der Waals surface area contributed by atoms with Crippen LogP contribution in [-0.2, 0) is 28.4 Å². The number of amides is 2. The number of benzene rings is 5. The van der Waals surface area contributed by atoms with Crippen molar-refractivity contribution in [2.45, 2.75) is 45.0 Å². The van der Waals surface area contributed by atoms with E-state index in [0.717, 1.165) is 29.8 Å². The first kappa shape index (κ1) is 38.8. The number of aldehydes is 1. The van der Waals surface area contributed by atoms with Crippen LogP contribution < -0.4 is 10.6 Å². The van der Waals surface area contributed by atoms with Gasteiger partial charge in [0.1, 0.15) is 6.29 Å². The molecule has 274 valence electrons. The Bertz CT molecular complexity index is 2130. The molecule has 5 aromatic carbocycles. The number of carbonyl (C=O) groups is 3.